The van der Waals surface area contributed by atoms with Gasteiger partial charge >= 0.3 is 11.8 Å². The van der Waals surface area contributed by atoms with Gasteiger partial charge in [-0.3, -0.25) is 9.59 Å². The number of methoxy groups -OCH3 is 1. The zero-order chi connectivity index (χ0) is 15.5. The van der Waals surface area contributed by atoms with Gasteiger partial charge in [-0.1, -0.05) is 6.42 Å². The van der Waals surface area contributed by atoms with E-state index in [1.165, 1.54) is 39.0 Å². The van der Waals surface area contributed by atoms with Crippen LogP contribution in [-0.2, 0) is 9.59 Å². The fourth-order valence-electron chi connectivity index (χ4n) is 3.69. The second-order valence-corrected chi connectivity index (χ2v) is 6.19. The second-order valence-electron chi connectivity index (χ2n) is 6.19. The lowest BCUT2D eigenvalue weighted by Crippen LogP contribution is -2.39. The molecule has 0 spiro atoms. The molecule has 2 fully saturated rings. The molecule has 6 nitrogen and oxygen atoms in total. The highest BCUT2D eigenvalue weighted by molar-refractivity contribution is 6.39. The number of anilines is 1. The number of nitrogens with zero attached hydrogens (tertiary/aromatic N) is 1. The third-order valence-corrected chi connectivity index (χ3v) is 4.82. The van der Waals surface area contributed by atoms with Crippen LogP contribution in [0.1, 0.15) is 25.7 Å². The predicted octanol–water partition coefficient (Wildman–Crippen LogP) is 1.58. The molecule has 0 aromatic carbocycles. The third kappa shape index (κ3) is 3.21. The second kappa shape index (κ2) is 6.34. The van der Waals surface area contributed by atoms with E-state index in [9.17, 15) is 9.59 Å². The molecule has 0 radical (unpaired) electrons. The van der Waals surface area contributed by atoms with E-state index >= 15 is 0 Å². The van der Waals surface area contributed by atoms with Crippen molar-refractivity contribution in [3.8, 4) is 5.88 Å². The largest absolute Gasteiger partial charge is 0.481 e. The normalized spacial score (nSPS) is 25.8. The highest BCUT2D eigenvalue weighted by Crippen LogP contribution is 2.47. The number of nitrogens with one attached hydrogen (secondary N) is 2. The summed E-state index contributed by atoms with van der Waals surface area (Å²) in [6.45, 7) is 0.605. The summed E-state index contributed by atoms with van der Waals surface area (Å²) in [5.41, 5.74) is 0.473. The molecule has 118 valence electrons. The van der Waals surface area contributed by atoms with Crippen LogP contribution in [-0.4, -0.2) is 30.5 Å². The van der Waals surface area contributed by atoms with Gasteiger partial charge in [0.1, 0.15) is 0 Å². The average Bonchev–Trinajstić information content (AvgIpc) is 3.16. The molecule has 3 rings (SSSR count). The van der Waals surface area contributed by atoms with Crippen LogP contribution in [0.4, 0.5) is 5.69 Å². The van der Waals surface area contributed by atoms with E-state index < -0.39 is 11.8 Å². The van der Waals surface area contributed by atoms with Crippen molar-refractivity contribution in [2.45, 2.75) is 25.7 Å². The third-order valence-electron chi connectivity index (χ3n) is 4.82. The van der Waals surface area contributed by atoms with Crippen molar-refractivity contribution in [3.05, 3.63) is 18.3 Å². The number of rotatable bonds is 4. The van der Waals surface area contributed by atoms with Gasteiger partial charge in [-0.15, -0.1) is 0 Å². The maximum Gasteiger partial charge on any atom is 0.313 e. The number of carbonyl (C=O) groups excluding carboxylic acids is 2. The van der Waals surface area contributed by atoms with E-state index in [0.717, 1.165) is 11.8 Å². The molecule has 6 heteroatoms. The fourth-order valence-corrected chi connectivity index (χ4v) is 3.69. The van der Waals surface area contributed by atoms with Gasteiger partial charge in [-0.05, 0) is 43.1 Å². The molecule has 2 aliphatic rings. The Bertz CT molecular complexity index is 558. The van der Waals surface area contributed by atoms with Gasteiger partial charge in [0.25, 0.3) is 0 Å². The first-order chi connectivity index (χ1) is 10.7. The Balaban J connectivity index is 1.46. The summed E-state index contributed by atoms with van der Waals surface area (Å²) in [5, 5.41) is 5.29. The molecular formula is C16H21N3O3. The number of hydrogen-bond acceptors (Lipinski definition) is 4. The van der Waals surface area contributed by atoms with Gasteiger partial charge in [-0.2, -0.15) is 0 Å². The maximum atomic E-state index is 11.9. The zero-order valence-electron chi connectivity index (χ0n) is 12.7. The molecule has 3 atom stereocenters. The van der Waals surface area contributed by atoms with Crippen molar-refractivity contribution in [2.75, 3.05) is 19.0 Å². The Hall–Kier alpha value is -2.11. The number of carbonyl (C=O) groups is 2. The van der Waals surface area contributed by atoms with E-state index in [2.05, 4.69) is 15.6 Å². The van der Waals surface area contributed by atoms with Crippen LogP contribution in [0.2, 0.25) is 0 Å². The molecule has 1 heterocycles. The van der Waals surface area contributed by atoms with Crippen LogP contribution < -0.4 is 15.4 Å². The number of pyridine rings is 1. The van der Waals surface area contributed by atoms with Crippen molar-refractivity contribution >= 4 is 17.5 Å². The number of aromatic nitrogens is 1. The van der Waals surface area contributed by atoms with Crippen LogP contribution in [0.15, 0.2) is 18.3 Å². The van der Waals surface area contributed by atoms with Crippen molar-refractivity contribution < 1.29 is 14.3 Å². The number of ether oxygens (including phenoxy) is 1. The maximum absolute atomic E-state index is 11.9. The summed E-state index contributed by atoms with van der Waals surface area (Å²) < 4.78 is 4.94. The molecule has 2 aliphatic carbocycles. The van der Waals surface area contributed by atoms with Gasteiger partial charge in [0.2, 0.25) is 5.88 Å². The van der Waals surface area contributed by atoms with Gasteiger partial charge in [0.05, 0.1) is 19.0 Å². The lowest BCUT2D eigenvalue weighted by molar-refractivity contribution is -0.136. The number of fused-ring (bicyclic) bond motifs is 2. The average molecular weight is 303 g/mol. The van der Waals surface area contributed by atoms with Crippen LogP contribution in [0, 0.1) is 17.8 Å². The smallest absolute Gasteiger partial charge is 0.313 e. The predicted molar refractivity (Wildman–Crippen MR) is 81.4 cm³/mol. The van der Waals surface area contributed by atoms with Gasteiger partial charge in [0, 0.05) is 12.6 Å². The molecular weight excluding hydrogens is 282 g/mol. The Kier molecular flexibility index (Phi) is 4.27. The molecule has 2 bridgehead atoms. The first kappa shape index (κ1) is 14.8. The Morgan fingerprint density at radius 1 is 1.27 bits per heavy atom. The van der Waals surface area contributed by atoms with Gasteiger partial charge in [-0.25, -0.2) is 4.98 Å². The summed E-state index contributed by atoms with van der Waals surface area (Å²) in [7, 11) is 1.52. The monoisotopic (exact) mass is 303 g/mol. The SMILES string of the molecule is COc1ccc(NC(=O)C(=O)NC[C@@H]2C[C@H]3CC[C@H]2C3)cn1. The molecule has 2 N–H and O–H groups in total. The topological polar surface area (TPSA) is 80.3 Å². The minimum Gasteiger partial charge on any atom is -0.481 e. The summed E-state index contributed by atoms with van der Waals surface area (Å²) >= 11 is 0. The highest BCUT2D eigenvalue weighted by Gasteiger charge is 2.39. The zero-order valence-corrected chi connectivity index (χ0v) is 12.7. The first-order valence-electron chi connectivity index (χ1n) is 7.75. The highest BCUT2D eigenvalue weighted by atomic mass is 16.5. The minimum absolute atomic E-state index is 0.457. The molecule has 2 saturated carbocycles. The molecule has 2 amide bonds. The fraction of sp³-hybridized carbons (Fsp3) is 0.562. The Morgan fingerprint density at radius 2 is 2.14 bits per heavy atom. The van der Waals surface area contributed by atoms with E-state index in [0.29, 0.717) is 24.0 Å². The molecule has 22 heavy (non-hydrogen) atoms. The van der Waals surface area contributed by atoms with E-state index in [-0.39, 0.29) is 0 Å². The summed E-state index contributed by atoms with van der Waals surface area (Å²) in [6.07, 6.45) is 6.55. The lowest BCUT2D eigenvalue weighted by atomic mass is 9.89. The molecule has 0 unspecified atom stereocenters. The molecule has 1 aromatic rings. The molecule has 1 aromatic heterocycles. The van der Waals surface area contributed by atoms with Crippen molar-refractivity contribution in [1.29, 1.82) is 0 Å². The van der Waals surface area contributed by atoms with Crippen LogP contribution in [0.3, 0.4) is 0 Å². The van der Waals surface area contributed by atoms with E-state index in [1.807, 2.05) is 0 Å². The van der Waals surface area contributed by atoms with Crippen LogP contribution >= 0.6 is 0 Å². The minimum atomic E-state index is -0.657. The van der Waals surface area contributed by atoms with E-state index in [1.54, 1.807) is 12.1 Å². The van der Waals surface area contributed by atoms with Crippen LogP contribution in [0.5, 0.6) is 5.88 Å². The van der Waals surface area contributed by atoms with Crippen molar-refractivity contribution in [2.24, 2.45) is 17.8 Å². The lowest BCUT2D eigenvalue weighted by Gasteiger charge is -2.21. The first-order valence-corrected chi connectivity index (χ1v) is 7.75. The summed E-state index contributed by atoms with van der Waals surface area (Å²) in [6, 6.07) is 3.27. The van der Waals surface area contributed by atoms with E-state index in [4.69, 9.17) is 4.74 Å². The van der Waals surface area contributed by atoms with Crippen LogP contribution in [0.25, 0.3) is 0 Å². The van der Waals surface area contributed by atoms with Crippen molar-refractivity contribution in [3.63, 3.8) is 0 Å². The Morgan fingerprint density at radius 3 is 2.73 bits per heavy atom. The van der Waals surface area contributed by atoms with Gasteiger partial charge < -0.3 is 15.4 Å². The molecule has 0 aliphatic heterocycles. The van der Waals surface area contributed by atoms with Gasteiger partial charge in [0.15, 0.2) is 0 Å². The molecule has 0 saturated heterocycles. The van der Waals surface area contributed by atoms with Crippen molar-refractivity contribution in [1.82, 2.24) is 10.3 Å². The standard InChI is InChI=1S/C16H21N3O3/c1-22-14-5-4-13(9-17-14)19-16(21)15(20)18-8-12-7-10-2-3-11(12)6-10/h4-5,9-12H,2-3,6-8H2,1H3,(H,18,20)(H,19,21)/t10-,11-,12-/m0/s1. The summed E-state index contributed by atoms with van der Waals surface area (Å²) in [4.78, 5) is 27.7. The summed E-state index contributed by atoms with van der Waals surface area (Å²) in [5.74, 6) is 1.33. The quantitative estimate of drug-likeness (QED) is 0.828. The number of amides is 2. The number of hydrogen-bond donors (Lipinski definition) is 2. The Labute approximate surface area is 129 Å².